The number of rotatable bonds is 4. The fourth-order valence-electron chi connectivity index (χ4n) is 2.31. The van der Waals surface area contributed by atoms with E-state index in [1.807, 2.05) is 17.5 Å². The third-order valence-corrected chi connectivity index (χ3v) is 4.32. The minimum absolute atomic E-state index is 0.181. The maximum Gasteiger partial charge on any atom is 0.251 e. The van der Waals surface area contributed by atoms with Gasteiger partial charge in [0.05, 0.1) is 12.2 Å². The first-order valence-electron chi connectivity index (χ1n) is 6.91. The molecule has 1 fully saturated rings. The second kappa shape index (κ2) is 6.11. The summed E-state index contributed by atoms with van der Waals surface area (Å²) in [4.78, 5) is 37.6. The minimum atomic E-state index is -0.195. The van der Waals surface area contributed by atoms with Crippen molar-refractivity contribution >= 4 is 34.7 Å². The maximum absolute atomic E-state index is 12.0. The lowest BCUT2D eigenvalue weighted by atomic mass is 10.2. The molecule has 0 spiro atoms. The summed E-state index contributed by atoms with van der Waals surface area (Å²) in [7, 11) is 0. The van der Waals surface area contributed by atoms with Gasteiger partial charge < -0.3 is 5.32 Å². The molecule has 0 saturated carbocycles. The van der Waals surface area contributed by atoms with E-state index in [0.29, 0.717) is 17.8 Å². The average Bonchev–Trinajstić information content (AvgIpc) is 3.15. The van der Waals surface area contributed by atoms with Crippen LogP contribution in [0, 0.1) is 0 Å². The summed E-state index contributed by atoms with van der Waals surface area (Å²) in [6.07, 6.45) is 0.504. The molecule has 0 atom stereocenters. The molecule has 0 unspecified atom stereocenters. The van der Waals surface area contributed by atoms with Crippen LogP contribution in [0.4, 0.5) is 5.69 Å². The average molecular weight is 314 g/mol. The number of thiophene rings is 1. The van der Waals surface area contributed by atoms with E-state index >= 15 is 0 Å². The molecule has 0 radical (unpaired) electrons. The number of carbonyl (C=O) groups is 3. The molecule has 22 heavy (non-hydrogen) atoms. The lowest BCUT2D eigenvalue weighted by Gasteiger charge is -2.14. The van der Waals surface area contributed by atoms with Gasteiger partial charge in [0, 0.05) is 23.3 Å². The van der Waals surface area contributed by atoms with Gasteiger partial charge in [-0.2, -0.15) is 0 Å². The summed E-state index contributed by atoms with van der Waals surface area (Å²) in [6.45, 7) is 0.487. The van der Waals surface area contributed by atoms with E-state index in [1.165, 1.54) is 4.90 Å². The van der Waals surface area contributed by atoms with Crippen LogP contribution in [0.3, 0.4) is 0 Å². The number of nitrogens with one attached hydrogen (secondary N) is 1. The highest BCUT2D eigenvalue weighted by molar-refractivity contribution is 7.09. The Labute approximate surface area is 131 Å². The number of imide groups is 1. The van der Waals surface area contributed by atoms with Crippen LogP contribution < -0.4 is 10.2 Å². The van der Waals surface area contributed by atoms with E-state index in [1.54, 1.807) is 35.6 Å². The number of hydrogen-bond acceptors (Lipinski definition) is 4. The van der Waals surface area contributed by atoms with Gasteiger partial charge in [-0.1, -0.05) is 6.07 Å². The van der Waals surface area contributed by atoms with Crippen LogP contribution in [0.1, 0.15) is 28.1 Å². The van der Waals surface area contributed by atoms with Gasteiger partial charge in [-0.3, -0.25) is 19.3 Å². The van der Waals surface area contributed by atoms with Crippen LogP contribution in [0.5, 0.6) is 0 Å². The molecule has 1 aromatic heterocycles. The highest BCUT2D eigenvalue weighted by Gasteiger charge is 2.30. The Bertz CT molecular complexity index is 692. The maximum atomic E-state index is 12.0. The van der Waals surface area contributed by atoms with Gasteiger partial charge in [0.2, 0.25) is 11.8 Å². The summed E-state index contributed by atoms with van der Waals surface area (Å²) in [5, 5.41) is 4.79. The van der Waals surface area contributed by atoms with Gasteiger partial charge in [-0.25, -0.2) is 0 Å². The lowest BCUT2D eigenvalue weighted by molar-refractivity contribution is -0.121. The fourth-order valence-corrected chi connectivity index (χ4v) is 2.95. The topological polar surface area (TPSA) is 66.5 Å². The molecule has 1 aromatic carbocycles. The molecule has 3 rings (SSSR count). The second-order valence-corrected chi connectivity index (χ2v) is 5.96. The van der Waals surface area contributed by atoms with Crippen LogP contribution >= 0.6 is 11.3 Å². The van der Waals surface area contributed by atoms with Crippen LogP contribution in [0.2, 0.25) is 0 Å². The summed E-state index contributed by atoms with van der Waals surface area (Å²) in [5.41, 5.74) is 1.02. The first-order valence-corrected chi connectivity index (χ1v) is 7.79. The Morgan fingerprint density at radius 2 is 1.77 bits per heavy atom. The van der Waals surface area contributed by atoms with Crippen molar-refractivity contribution in [3.8, 4) is 0 Å². The van der Waals surface area contributed by atoms with Crippen molar-refractivity contribution in [2.75, 3.05) is 4.90 Å². The summed E-state index contributed by atoms with van der Waals surface area (Å²) in [6, 6.07) is 10.4. The Balaban J connectivity index is 1.67. The van der Waals surface area contributed by atoms with Crippen molar-refractivity contribution in [1.82, 2.24) is 5.32 Å². The molecule has 0 aliphatic carbocycles. The molecule has 2 aromatic rings. The highest BCUT2D eigenvalue weighted by atomic mass is 32.1. The molecule has 2 heterocycles. The van der Waals surface area contributed by atoms with Crippen molar-refractivity contribution in [2.24, 2.45) is 0 Å². The predicted molar refractivity (Wildman–Crippen MR) is 83.7 cm³/mol. The Morgan fingerprint density at radius 1 is 1.09 bits per heavy atom. The van der Waals surface area contributed by atoms with Gasteiger partial charge in [-0.05, 0) is 35.7 Å². The Morgan fingerprint density at radius 3 is 2.36 bits per heavy atom. The molecule has 1 N–H and O–H groups in total. The quantitative estimate of drug-likeness (QED) is 0.881. The monoisotopic (exact) mass is 314 g/mol. The van der Waals surface area contributed by atoms with Crippen molar-refractivity contribution in [1.29, 1.82) is 0 Å². The first-order chi connectivity index (χ1) is 10.6. The summed E-state index contributed by atoms with van der Waals surface area (Å²) >= 11 is 1.58. The minimum Gasteiger partial charge on any atom is -0.347 e. The standard InChI is InChI=1S/C16H14N2O3S/c19-14-7-8-15(20)18(14)12-5-3-11(4-6-12)16(21)17-10-13-2-1-9-22-13/h1-6,9H,7-8,10H2,(H,17,21). The van der Waals surface area contributed by atoms with Gasteiger partial charge in [0.1, 0.15) is 0 Å². The van der Waals surface area contributed by atoms with E-state index in [-0.39, 0.29) is 30.6 Å². The van der Waals surface area contributed by atoms with Crippen LogP contribution in [-0.4, -0.2) is 17.7 Å². The van der Waals surface area contributed by atoms with Gasteiger partial charge in [0.25, 0.3) is 5.91 Å². The first kappa shape index (κ1) is 14.5. The van der Waals surface area contributed by atoms with Crippen molar-refractivity contribution in [3.63, 3.8) is 0 Å². The van der Waals surface area contributed by atoms with E-state index in [0.717, 1.165) is 4.88 Å². The number of carbonyl (C=O) groups excluding carboxylic acids is 3. The Hall–Kier alpha value is -2.47. The zero-order chi connectivity index (χ0) is 15.5. The van der Waals surface area contributed by atoms with Crippen LogP contribution in [0.25, 0.3) is 0 Å². The number of benzene rings is 1. The fraction of sp³-hybridized carbons (Fsp3) is 0.188. The third-order valence-electron chi connectivity index (χ3n) is 3.44. The van der Waals surface area contributed by atoms with E-state index in [4.69, 9.17) is 0 Å². The van der Waals surface area contributed by atoms with E-state index in [9.17, 15) is 14.4 Å². The largest absolute Gasteiger partial charge is 0.347 e. The highest BCUT2D eigenvalue weighted by Crippen LogP contribution is 2.22. The second-order valence-electron chi connectivity index (χ2n) is 4.93. The zero-order valence-corrected chi connectivity index (χ0v) is 12.6. The van der Waals surface area contributed by atoms with Crippen molar-refractivity contribution in [3.05, 3.63) is 52.2 Å². The number of nitrogens with zero attached hydrogens (tertiary/aromatic N) is 1. The molecule has 1 saturated heterocycles. The van der Waals surface area contributed by atoms with Crippen molar-refractivity contribution < 1.29 is 14.4 Å². The molecule has 3 amide bonds. The zero-order valence-electron chi connectivity index (χ0n) is 11.7. The van der Waals surface area contributed by atoms with Gasteiger partial charge in [0.15, 0.2) is 0 Å². The summed E-state index contributed by atoms with van der Waals surface area (Å²) < 4.78 is 0. The molecular weight excluding hydrogens is 300 g/mol. The SMILES string of the molecule is O=C(NCc1cccs1)c1ccc(N2C(=O)CCC2=O)cc1. The van der Waals surface area contributed by atoms with Gasteiger partial charge in [-0.15, -0.1) is 11.3 Å². The molecule has 112 valence electrons. The summed E-state index contributed by atoms with van der Waals surface area (Å²) in [5.74, 6) is -0.571. The number of hydrogen-bond donors (Lipinski definition) is 1. The normalized spacial score (nSPS) is 14.5. The van der Waals surface area contributed by atoms with E-state index in [2.05, 4.69) is 5.32 Å². The smallest absolute Gasteiger partial charge is 0.251 e. The molecule has 1 aliphatic rings. The van der Waals surface area contributed by atoms with E-state index < -0.39 is 0 Å². The van der Waals surface area contributed by atoms with Gasteiger partial charge >= 0.3 is 0 Å². The molecule has 6 heteroatoms. The molecule has 5 nitrogen and oxygen atoms in total. The molecular formula is C16H14N2O3S. The molecule has 1 aliphatic heterocycles. The van der Waals surface area contributed by atoms with Crippen LogP contribution in [-0.2, 0) is 16.1 Å². The number of anilines is 1. The lowest BCUT2D eigenvalue weighted by Crippen LogP contribution is -2.28. The molecule has 0 bridgehead atoms. The third kappa shape index (κ3) is 2.92. The number of amides is 3. The van der Waals surface area contributed by atoms with Crippen molar-refractivity contribution in [2.45, 2.75) is 19.4 Å². The predicted octanol–water partition coefficient (Wildman–Crippen LogP) is 2.33. The Kier molecular flexibility index (Phi) is 4.02. The van der Waals surface area contributed by atoms with Crippen LogP contribution in [0.15, 0.2) is 41.8 Å².